The molecule has 0 spiro atoms. The molecule has 0 amide bonds. The van der Waals surface area contributed by atoms with Gasteiger partial charge in [0, 0.05) is 17.0 Å². The monoisotopic (exact) mass is 411 g/mol. The minimum absolute atomic E-state index is 0.264. The van der Waals surface area contributed by atoms with Crippen LogP contribution in [-0.4, -0.2) is 36.6 Å². The average Bonchev–Trinajstić information content (AvgIpc) is 3.36. The highest BCUT2D eigenvalue weighted by atomic mass is 16.5. The summed E-state index contributed by atoms with van der Waals surface area (Å²) < 4.78 is 23.3. The van der Waals surface area contributed by atoms with Gasteiger partial charge in [0.05, 0.1) is 32.1 Å². The van der Waals surface area contributed by atoms with Crippen molar-refractivity contribution in [1.82, 2.24) is 4.57 Å². The summed E-state index contributed by atoms with van der Waals surface area (Å²) >= 11 is 0. The Bertz CT molecular complexity index is 1030. The highest BCUT2D eigenvalue weighted by Gasteiger charge is 2.19. The van der Waals surface area contributed by atoms with Crippen molar-refractivity contribution in [2.45, 2.75) is 27.3 Å². The number of Topliss-reactive ketones (excluding diaryl/α,β-unsaturated/α-hetero) is 1. The minimum atomic E-state index is -0.603. The number of carbonyl (C=O) groups is 2. The lowest BCUT2D eigenvalue weighted by molar-refractivity contribution is 0.0474. The normalized spacial score (nSPS) is 10.7. The van der Waals surface area contributed by atoms with E-state index in [0.29, 0.717) is 30.2 Å². The molecule has 0 atom stereocenters. The van der Waals surface area contributed by atoms with Crippen LogP contribution in [0.15, 0.2) is 47.1 Å². The lowest BCUT2D eigenvalue weighted by Gasteiger charge is -2.11. The molecule has 3 rings (SSSR count). The van der Waals surface area contributed by atoms with Crippen LogP contribution in [0.1, 0.15) is 44.8 Å². The zero-order valence-electron chi connectivity index (χ0n) is 17.6. The molecule has 2 heterocycles. The third kappa shape index (κ3) is 4.56. The van der Waals surface area contributed by atoms with Crippen LogP contribution >= 0.6 is 0 Å². The summed E-state index contributed by atoms with van der Waals surface area (Å²) in [4.78, 5) is 25.1. The standard InChI is InChI=1S/C23H25NO6/c1-5-28-21-9-8-17(12-22(21)27-4)23(26)30-14-20(25)19-11-15(2)24(16(19)3)13-18-7-6-10-29-18/h6-12H,5,13-14H2,1-4H3. The van der Waals surface area contributed by atoms with E-state index in [1.165, 1.54) is 13.2 Å². The lowest BCUT2D eigenvalue weighted by Crippen LogP contribution is -2.15. The molecule has 0 saturated heterocycles. The minimum Gasteiger partial charge on any atom is -0.493 e. The van der Waals surface area contributed by atoms with Crippen LogP contribution in [-0.2, 0) is 11.3 Å². The maximum absolute atomic E-state index is 12.7. The van der Waals surface area contributed by atoms with Gasteiger partial charge < -0.3 is 23.2 Å². The highest BCUT2D eigenvalue weighted by molar-refractivity contribution is 6.00. The summed E-state index contributed by atoms with van der Waals surface area (Å²) in [6.07, 6.45) is 1.62. The van der Waals surface area contributed by atoms with E-state index in [9.17, 15) is 9.59 Å². The smallest absolute Gasteiger partial charge is 0.338 e. The average molecular weight is 411 g/mol. The van der Waals surface area contributed by atoms with E-state index in [2.05, 4.69) is 0 Å². The summed E-state index contributed by atoms with van der Waals surface area (Å²) in [5.41, 5.74) is 2.53. The second kappa shape index (κ2) is 9.35. The molecule has 2 aromatic heterocycles. The molecule has 0 saturated carbocycles. The van der Waals surface area contributed by atoms with E-state index < -0.39 is 5.97 Å². The van der Waals surface area contributed by atoms with Crippen molar-refractivity contribution >= 4 is 11.8 Å². The Kier molecular flexibility index (Phi) is 6.61. The van der Waals surface area contributed by atoms with E-state index in [4.69, 9.17) is 18.6 Å². The number of hydrogen-bond donors (Lipinski definition) is 0. The van der Waals surface area contributed by atoms with Crippen LogP contribution < -0.4 is 9.47 Å². The van der Waals surface area contributed by atoms with E-state index in [0.717, 1.165) is 17.1 Å². The Morgan fingerprint density at radius 1 is 1.10 bits per heavy atom. The maximum atomic E-state index is 12.7. The first-order valence-electron chi connectivity index (χ1n) is 9.64. The van der Waals surface area contributed by atoms with E-state index >= 15 is 0 Å². The van der Waals surface area contributed by atoms with Crippen LogP contribution in [0.4, 0.5) is 0 Å². The molecular formula is C23H25NO6. The highest BCUT2D eigenvalue weighted by Crippen LogP contribution is 2.28. The molecule has 7 nitrogen and oxygen atoms in total. The number of carbonyl (C=O) groups excluding carboxylic acids is 2. The number of ketones is 1. The number of nitrogens with zero attached hydrogens (tertiary/aromatic N) is 1. The van der Waals surface area contributed by atoms with Gasteiger partial charge in [-0.3, -0.25) is 4.79 Å². The largest absolute Gasteiger partial charge is 0.493 e. The number of hydrogen-bond acceptors (Lipinski definition) is 6. The Morgan fingerprint density at radius 3 is 2.57 bits per heavy atom. The Hall–Kier alpha value is -3.48. The van der Waals surface area contributed by atoms with Crippen LogP contribution in [0.3, 0.4) is 0 Å². The van der Waals surface area contributed by atoms with Crippen molar-refractivity contribution in [3.63, 3.8) is 0 Å². The van der Waals surface area contributed by atoms with Gasteiger partial charge in [-0.25, -0.2) is 4.79 Å². The molecule has 3 aromatic rings. The molecule has 0 fully saturated rings. The van der Waals surface area contributed by atoms with Crippen LogP contribution in [0, 0.1) is 13.8 Å². The molecule has 158 valence electrons. The summed E-state index contributed by atoms with van der Waals surface area (Å²) in [7, 11) is 1.50. The van der Waals surface area contributed by atoms with Crippen molar-refractivity contribution in [3.8, 4) is 11.5 Å². The van der Waals surface area contributed by atoms with Gasteiger partial charge in [-0.15, -0.1) is 0 Å². The quantitative estimate of drug-likeness (QED) is 0.388. The molecule has 0 unspecified atom stereocenters. The van der Waals surface area contributed by atoms with Crippen molar-refractivity contribution < 1.29 is 28.2 Å². The van der Waals surface area contributed by atoms with Gasteiger partial charge in [0.2, 0.25) is 5.78 Å². The zero-order valence-corrected chi connectivity index (χ0v) is 17.6. The second-order valence-corrected chi connectivity index (χ2v) is 6.75. The van der Waals surface area contributed by atoms with E-state index in [1.54, 1.807) is 24.5 Å². The van der Waals surface area contributed by atoms with E-state index in [1.807, 2.05) is 37.5 Å². The number of aromatic nitrogens is 1. The van der Waals surface area contributed by atoms with Gasteiger partial charge in [-0.1, -0.05) is 0 Å². The second-order valence-electron chi connectivity index (χ2n) is 6.75. The number of benzene rings is 1. The maximum Gasteiger partial charge on any atom is 0.338 e. The first kappa shape index (κ1) is 21.2. The van der Waals surface area contributed by atoms with Gasteiger partial charge in [0.1, 0.15) is 5.76 Å². The number of rotatable bonds is 9. The summed E-state index contributed by atoms with van der Waals surface area (Å²) in [6.45, 7) is 6.31. The number of esters is 1. The van der Waals surface area contributed by atoms with Gasteiger partial charge in [0.25, 0.3) is 0 Å². The molecular weight excluding hydrogens is 386 g/mol. The zero-order chi connectivity index (χ0) is 21.7. The lowest BCUT2D eigenvalue weighted by atomic mass is 10.1. The van der Waals surface area contributed by atoms with Gasteiger partial charge in [0.15, 0.2) is 18.1 Å². The van der Waals surface area contributed by atoms with Crippen molar-refractivity contribution in [2.24, 2.45) is 0 Å². The Balaban J connectivity index is 1.68. The van der Waals surface area contributed by atoms with E-state index in [-0.39, 0.29) is 18.0 Å². The molecule has 0 aliphatic rings. The predicted molar refractivity (Wildman–Crippen MR) is 110 cm³/mol. The number of aryl methyl sites for hydroxylation is 1. The predicted octanol–water partition coefficient (Wildman–Crippen LogP) is 4.19. The fourth-order valence-corrected chi connectivity index (χ4v) is 3.25. The molecule has 0 aliphatic heterocycles. The molecule has 1 aromatic carbocycles. The Labute approximate surface area is 175 Å². The van der Waals surface area contributed by atoms with Crippen molar-refractivity contribution in [3.05, 3.63) is 70.9 Å². The van der Waals surface area contributed by atoms with Gasteiger partial charge in [-0.2, -0.15) is 0 Å². The number of furan rings is 1. The summed E-state index contributed by atoms with van der Waals surface area (Å²) in [6, 6.07) is 10.3. The molecule has 30 heavy (non-hydrogen) atoms. The van der Waals surface area contributed by atoms with Gasteiger partial charge in [-0.05, 0) is 57.2 Å². The summed E-state index contributed by atoms with van der Waals surface area (Å²) in [5.74, 6) is 0.900. The van der Waals surface area contributed by atoms with Crippen LogP contribution in [0.5, 0.6) is 11.5 Å². The Morgan fingerprint density at radius 2 is 1.90 bits per heavy atom. The number of methoxy groups -OCH3 is 1. The first-order chi connectivity index (χ1) is 14.4. The third-order valence-electron chi connectivity index (χ3n) is 4.80. The molecule has 0 radical (unpaired) electrons. The molecule has 0 bridgehead atoms. The van der Waals surface area contributed by atoms with Crippen molar-refractivity contribution in [2.75, 3.05) is 20.3 Å². The van der Waals surface area contributed by atoms with Gasteiger partial charge >= 0.3 is 5.97 Å². The first-order valence-corrected chi connectivity index (χ1v) is 9.64. The molecule has 0 aliphatic carbocycles. The fourth-order valence-electron chi connectivity index (χ4n) is 3.25. The molecule has 0 N–H and O–H groups in total. The SMILES string of the molecule is CCOc1ccc(C(=O)OCC(=O)c2cc(C)n(Cc3ccco3)c2C)cc1OC. The fraction of sp³-hybridized carbons (Fsp3) is 0.304. The van der Waals surface area contributed by atoms with Crippen molar-refractivity contribution in [1.29, 1.82) is 0 Å². The topological polar surface area (TPSA) is 79.9 Å². The third-order valence-corrected chi connectivity index (χ3v) is 4.80. The number of ether oxygens (including phenoxy) is 3. The van der Waals surface area contributed by atoms with Crippen LogP contribution in [0.2, 0.25) is 0 Å². The molecule has 7 heteroatoms. The summed E-state index contributed by atoms with van der Waals surface area (Å²) in [5, 5.41) is 0. The van der Waals surface area contributed by atoms with Crippen LogP contribution in [0.25, 0.3) is 0 Å².